The van der Waals surface area contributed by atoms with E-state index in [4.69, 9.17) is 9.47 Å². The molecule has 1 heterocycles. The van der Waals surface area contributed by atoms with E-state index in [1.165, 1.54) is 0 Å². The molecule has 0 radical (unpaired) electrons. The average Bonchev–Trinajstić information content (AvgIpc) is 2.55. The lowest BCUT2D eigenvalue weighted by Gasteiger charge is -2.35. The minimum absolute atomic E-state index is 0.0219. The monoisotopic (exact) mass is 212 g/mol. The predicted molar refractivity (Wildman–Crippen MR) is 56.3 cm³/mol. The summed E-state index contributed by atoms with van der Waals surface area (Å²) in [7, 11) is 1.73. The average molecular weight is 212 g/mol. The highest BCUT2D eigenvalue weighted by Gasteiger charge is 2.52. The third-order valence-corrected chi connectivity index (χ3v) is 4.35. The van der Waals surface area contributed by atoms with Crippen molar-refractivity contribution in [3.8, 4) is 0 Å². The number of ether oxygens (including phenoxy) is 2. The number of methoxy groups -OCH3 is 1. The molecule has 1 aliphatic heterocycles. The molecule has 1 saturated heterocycles. The summed E-state index contributed by atoms with van der Waals surface area (Å²) in [4.78, 5) is 11.8. The summed E-state index contributed by atoms with van der Waals surface area (Å²) in [5, 5.41) is 0. The molecule has 1 unspecified atom stereocenters. The Morgan fingerprint density at radius 1 is 1.40 bits per heavy atom. The molecule has 86 valence electrons. The third kappa shape index (κ3) is 1.67. The number of esters is 1. The van der Waals surface area contributed by atoms with Crippen LogP contribution in [-0.2, 0) is 14.3 Å². The molecule has 0 amide bonds. The molecule has 1 saturated carbocycles. The Labute approximate surface area is 91.1 Å². The largest absolute Gasteiger partial charge is 0.462 e. The standard InChI is InChI=1S/C12H20O3/c1-7-8(2)15-11(13)10-6-12(3,14-4)5-9(7)10/h7-10H,5-6H2,1-4H3/t7-,8-,9+,10+,12?/m0/s1. The van der Waals surface area contributed by atoms with Gasteiger partial charge < -0.3 is 9.47 Å². The van der Waals surface area contributed by atoms with Gasteiger partial charge in [-0.3, -0.25) is 4.79 Å². The maximum atomic E-state index is 11.8. The fourth-order valence-electron chi connectivity index (χ4n) is 3.04. The quantitative estimate of drug-likeness (QED) is 0.624. The predicted octanol–water partition coefficient (Wildman–Crippen LogP) is 2.00. The van der Waals surface area contributed by atoms with Gasteiger partial charge in [0, 0.05) is 7.11 Å². The topological polar surface area (TPSA) is 35.5 Å². The molecule has 0 N–H and O–H groups in total. The molecule has 0 spiro atoms. The molecule has 2 rings (SSSR count). The first kappa shape index (κ1) is 10.9. The number of rotatable bonds is 1. The molecule has 0 aromatic heterocycles. The van der Waals surface area contributed by atoms with E-state index in [1.807, 2.05) is 6.92 Å². The molecule has 5 atom stereocenters. The first-order chi connectivity index (χ1) is 6.97. The van der Waals surface area contributed by atoms with Crippen LogP contribution >= 0.6 is 0 Å². The van der Waals surface area contributed by atoms with E-state index in [0.717, 1.165) is 12.8 Å². The first-order valence-corrected chi connectivity index (χ1v) is 5.72. The highest BCUT2D eigenvalue weighted by atomic mass is 16.5. The Kier molecular flexibility index (Phi) is 2.53. The second-order valence-corrected chi connectivity index (χ2v) is 5.33. The Hall–Kier alpha value is -0.570. The van der Waals surface area contributed by atoms with Crippen LogP contribution in [-0.4, -0.2) is 24.8 Å². The van der Waals surface area contributed by atoms with Crippen molar-refractivity contribution in [1.29, 1.82) is 0 Å². The van der Waals surface area contributed by atoms with Crippen LogP contribution < -0.4 is 0 Å². The molecule has 3 nitrogen and oxygen atoms in total. The highest BCUT2D eigenvalue weighted by molar-refractivity contribution is 5.74. The fraction of sp³-hybridized carbons (Fsp3) is 0.917. The summed E-state index contributed by atoms with van der Waals surface area (Å²) < 4.78 is 10.9. The van der Waals surface area contributed by atoms with Crippen LogP contribution in [0.2, 0.25) is 0 Å². The molecule has 2 aliphatic rings. The van der Waals surface area contributed by atoms with Crippen LogP contribution in [0.25, 0.3) is 0 Å². The summed E-state index contributed by atoms with van der Waals surface area (Å²) in [6, 6.07) is 0. The Bertz CT molecular complexity index is 276. The minimum atomic E-state index is -0.132. The second-order valence-electron chi connectivity index (χ2n) is 5.33. The van der Waals surface area contributed by atoms with Crippen molar-refractivity contribution >= 4 is 5.97 Å². The van der Waals surface area contributed by atoms with Crippen molar-refractivity contribution in [2.24, 2.45) is 17.8 Å². The minimum Gasteiger partial charge on any atom is -0.462 e. The summed E-state index contributed by atoms with van der Waals surface area (Å²) in [5.41, 5.74) is -0.132. The second kappa shape index (κ2) is 3.48. The molecule has 0 bridgehead atoms. The number of carbonyl (C=O) groups excluding carboxylic acids is 1. The number of hydrogen-bond acceptors (Lipinski definition) is 3. The highest BCUT2D eigenvalue weighted by Crippen LogP contribution is 2.48. The number of carbonyl (C=O) groups is 1. The summed E-state index contributed by atoms with van der Waals surface area (Å²) in [5.74, 6) is 0.920. The summed E-state index contributed by atoms with van der Waals surface area (Å²) >= 11 is 0. The van der Waals surface area contributed by atoms with Crippen molar-refractivity contribution < 1.29 is 14.3 Å². The van der Waals surface area contributed by atoms with E-state index in [9.17, 15) is 4.79 Å². The normalized spacial score (nSPS) is 50.0. The molecule has 3 heteroatoms. The van der Waals surface area contributed by atoms with E-state index in [0.29, 0.717) is 11.8 Å². The van der Waals surface area contributed by atoms with Crippen molar-refractivity contribution in [2.75, 3.05) is 7.11 Å². The number of fused-ring (bicyclic) bond motifs is 1. The van der Waals surface area contributed by atoms with Gasteiger partial charge in [0.1, 0.15) is 6.10 Å². The zero-order chi connectivity index (χ0) is 11.2. The van der Waals surface area contributed by atoms with E-state index >= 15 is 0 Å². The van der Waals surface area contributed by atoms with Crippen LogP contribution in [0.5, 0.6) is 0 Å². The van der Waals surface area contributed by atoms with Gasteiger partial charge in [0.05, 0.1) is 11.5 Å². The zero-order valence-electron chi connectivity index (χ0n) is 9.95. The lowest BCUT2D eigenvalue weighted by atomic mass is 9.80. The lowest BCUT2D eigenvalue weighted by Crippen LogP contribution is -2.40. The van der Waals surface area contributed by atoms with Gasteiger partial charge in [-0.2, -0.15) is 0 Å². The maximum absolute atomic E-state index is 11.8. The first-order valence-electron chi connectivity index (χ1n) is 5.72. The van der Waals surface area contributed by atoms with Gasteiger partial charge in [0.25, 0.3) is 0 Å². The third-order valence-electron chi connectivity index (χ3n) is 4.35. The summed E-state index contributed by atoms with van der Waals surface area (Å²) in [6.45, 7) is 6.26. The van der Waals surface area contributed by atoms with Gasteiger partial charge in [-0.15, -0.1) is 0 Å². The van der Waals surface area contributed by atoms with E-state index < -0.39 is 0 Å². The molecular weight excluding hydrogens is 192 g/mol. The molecule has 0 aromatic carbocycles. The van der Waals surface area contributed by atoms with Gasteiger partial charge in [-0.05, 0) is 38.5 Å². The molecule has 1 aliphatic carbocycles. The summed E-state index contributed by atoms with van der Waals surface area (Å²) in [6.07, 6.45) is 1.84. The SMILES string of the molecule is COC1(C)C[C@@H]2[C@@H](C)[C@H](C)OC(=O)[C@@H]2C1. The van der Waals surface area contributed by atoms with Crippen LogP contribution in [0, 0.1) is 17.8 Å². The van der Waals surface area contributed by atoms with E-state index in [-0.39, 0.29) is 23.6 Å². The van der Waals surface area contributed by atoms with Gasteiger partial charge in [-0.25, -0.2) is 0 Å². The Morgan fingerprint density at radius 3 is 2.67 bits per heavy atom. The van der Waals surface area contributed by atoms with Gasteiger partial charge >= 0.3 is 5.97 Å². The molecule has 0 aromatic rings. The Balaban J connectivity index is 2.20. The molecular formula is C12H20O3. The van der Waals surface area contributed by atoms with E-state index in [1.54, 1.807) is 7.11 Å². The number of cyclic esters (lactones) is 1. The van der Waals surface area contributed by atoms with Crippen LogP contribution in [0.4, 0.5) is 0 Å². The zero-order valence-corrected chi connectivity index (χ0v) is 9.95. The number of hydrogen-bond donors (Lipinski definition) is 0. The van der Waals surface area contributed by atoms with Crippen molar-refractivity contribution in [1.82, 2.24) is 0 Å². The van der Waals surface area contributed by atoms with Crippen LogP contribution in [0.3, 0.4) is 0 Å². The smallest absolute Gasteiger partial charge is 0.309 e. The van der Waals surface area contributed by atoms with Gasteiger partial charge in [0.15, 0.2) is 0 Å². The van der Waals surface area contributed by atoms with Crippen molar-refractivity contribution in [3.05, 3.63) is 0 Å². The lowest BCUT2D eigenvalue weighted by molar-refractivity contribution is -0.167. The fourth-order valence-corrected chi connectivity index (χ4v) is 3.04. The van der Waals surface area contributed by atoms with Gasteiger partial charge in [0.2, 0.25) is 0 Å². The van der Waals surface area contributed by atoms with Crippen molar-refractivity contribution in [2.45, 2.75) is 45.3 Å². The van der Waals surface area contributed by atoms with Crippen LogP contribution in [0.1, 0.15) is 33.6 Å². The Morgan fingerprint density at radius 2 is 2.07 bits per heavy atom. The van der Waals surface area contributed by atoms with Crippen LogP contribution in [0.15, 0.2) is 0 Å². The van der Waals surface area contributed by atoms with Crippen molar-refractivity contribution in [3.63, 3.8) is 0 Å². The maximum Gasteiger partial charge on any atom is 0.309 e. The molecule has 2 fully saturated rings. The molecule has 15 heavy (non-hydrogen) atoms. The van der Waals surface area contributed by atoms with Gasteiger partial charge in [-0.1, -0.05) is 6.92 Å². The van der Waals surface area contributed by atoms with E-state index in [2.05, 4.69) is 13.8 Å².